The fraction of sp³-hybridized carbons (Fsp3) is 0.462. The zero-order valence-electron chi connectivity index (χ0n) is 10.3. The summed E-state index contributed by atoms with van der Waals surface area (Å²) in [6.07, 6.45) is 1.41. The maximum absolute atomic E-state index is 11.8. The molecule has 4 heteroatoms. The Morgan fingerprint density at radius 1 is 1.53 bits per heavy atom. The summed E-state index contributed by atoms with van der Waals surface area (Å²) in [7, 11) is 0. The quantitative estimate of drug-likeness (QED) is 0.878. The number of amides is 1. The topological polar surface area (TPSA) is 55.1 Å². The predicted molar refractivity (Wildman–Crippen MR) is 75.0 cm³/mol. The van der Waals surface area contributed by atoms with Crippen LogP contribution in [0.4, 0.5) is 5.69 Å². The van der Waals surface area contributed by atoms with Gasteiger partial charge in [0.05, 0.1) is 5.69 Å². The third kappa shape index (κ3) is 4.13. The lowest BCUT2D eigenvalue weighted by Gasteiger charge is -2.13. The van der Waals surface area contributed by atoms with Crippen molar-refractivity contribution in [1.82, 2.24) is 0 Å². The molecule has 3 nitrogen and oxygen atoms in total. The molecule has 0 aliphatic carbocycles. The first-order valence-electron chi connectivity index (χ1n) is 5.83. The molecule has 1 rings (SSSR count). The van der Waals surface area contributed by atoms with Gasteiger partial charge in [0.1, 0.15) is 0 Å². The number of benzene rings is 1. The van der Waals surface area contributed by atoms with Crippen LogP contribution >= 0.6 is 15.9 Å². The summed E-state index contributed by atoms with van der Waals surface area (Å²) in [6.45, 7) is 4.60. The van der Waals surface area contributed by atoms with Gasteiger partial charge < -0.3 is 11.1 Å². The highest BCUT2D eigenvalue weighted by atomic mass is 79.9. The first-order valence-corrected chi connectivity index (χ1v) is 6.62. The summed E-state index contributed by atoms with van der Waals surface area (Å²) < 4.78 is 0.939. The first kappa shape index (κ1) is 14.2. The maximum Gasteiger partial charge on any atom is 0.224 e. The standard InChI is InChI=1S/C13H19BrN2O/c1-3-10(8-15)7-12(17)16-11-6-4-5-9(2)13(11)14/h4-6,10H,3,7-8,15H2,1-2H3,(H,16,17). The number of carbonyl (C=O) groups excluding carboxylic acids is 1. The fourth-order valence-corrected chi connectivity index (χ4v) is 1.97. The van der Waals surface area contributed by atoms with Crippen LogP contribution in [0.5, 0.6) is 0 Å². The number of hydrogen-bond donors (Lipinski definition) is 2. The first-order chi connectivity index (χ1) is 8.08. The molecule has 0 radical (unpaired) electrons. The number of carbonyl (C=O) groups is 1. The summed E-state index contributed by atoms with van der Waals surface area (Å²) in [5, 5.41) is 2.91. The summed E-state index contributed by atoms with van der Waals surface area (Å²) in [6, 6.07) is 5.81. The Morgan fingerprint density at radius 3 is 2.82 bits per heavy atom. The lowest BCUT2D eigenvalue weighted by Crippen LogP contribution is -2.21. The van der Waals surface area contributed by atoms with E-state index in [-0.39, 0.29) is 11.8 Å². The van der Waals surface area contributed by atoms with Gasteiger partial charge in [-0.25, -0.2) is 0 Å². The molecule has 1 aromatic rings. The second kappa shape index (κ2) is 6.77. The van der Waals surface area contributed by atoms with Gasteiger partial charge in [0.25, 0.3) is 0 Å². The molecular formula is C13H19BrN2O. The SMILES string of the molecule is CCC(CN)CC(=O)Nc1cccc(C)c1Br. The molecule has 1 atom stereocenters. The van der Waals surface area contributed by atoms with Gasteiger partial charge in [-0.15, -0.1) is 0 Å². The van der Waals surface area contributed by atoms with Gasteiger partial charge in [0.15, 0.2) is 0 Å². The van der Waals surface area contributed by atoms with Crippen LogP contribution in [0.1, 0.15) is 25.3 Å². The van der Waals surface area contributed by atoms with Crippen LogP contribution in [0.3, 0.4) is 0 Å². The van der Waals surface area contributed by atoms with E-state index in [1.54, 1.807) is 0 Å². The Hall–Kier alpha value is -0.870. The van der Waals surface area contributed by atoms with Crippen LogP contribution in [-0.4, -0.2) is 12.5 Å². The molecule has 0 aliphatic heterocycles. The Balaban J connectivity index is 2.65. The van der Waals surface area contributed by atoms with Gasteiger partial charge in [0.2, 0.25) is 5.91 Å². The normalized spacial score (nSPS) is 12.2. The van der Waals surface area contributed by atoms with Gasteiger partial charge in [0, 0.05) is 10.9 Å². The van der Waals surface area contributed by atoms with E-state index in [4.69, 9.17) is 5.73 Å². The van der Waals surface area contributed by atoms with Gasteiger partial charge in [-0.3, -0.25) is 4.79 Å². The number of aryl methyl sites for hydroxylation is 1. The third-order valence-corrected chi connectivity index (χ3v) is 3.90. The molecular weight excluding hydrogens is 280 g/mol. The van der Waals surface area contributed by atoms with Gasteiger partial charge in [-0.2, -0.15) is 0 Å². The summed E-state index contributed by atoms with van der Waals surface area (Å²) in [5.74, 6) is 0.284. The minimum absolute atomic E-state index is 0.0219. The molecule has 1 aromatic carbocycles. The van der Waals surface area contributed by atoms with E-state index in [0.717, 1.165) is 22.1 Å². The van der Waals surface area contributed by atoms with E-state index < -0.39 is 0 Å². The van der Waals surface area contributed by atoms with Crippen molar-refractivity contribution in [3.05, 3.63) is 28.2 Å². The third-order valence-electron chi connectivity index (χ3n) is 2.85. The Bertz CT molecular complexity index is 389. The lowest BCUT2D eigenvalue weighted by molar-refractivity contribution is -0.117. The van der Waals surface area contributed by atoms with Crippen molar-refractivity contribution in [3.63, 3.8) is 0 Å². The molecule has 0 spiro atoms. The molecule has 94 valence electrons. The van der Waals surface area contributed by atoms with Crippen molar-refractivity contribution in [3.8, 4) is 0 Å². The minimum Gasteiger partial charge on any atom is -0.330 e. The molecule has 1 unspecified atom stereocenters. The van der Waals surface area contributed by atoms with Crippen molar-refractivity contribution in [2.24, 2.45) is 11.7 Å². The largest absolute Gasteiger partial charge is 0.330 e. The number of nitrogens with one attached hydrogen (secondary N) is 1. The summed E-state index contributed by atoms with van der Waals surface area (Å²) >= 11 is 3.47. The molecule has 0 saturated carbocycles. The van der Waals surface area contributed by atoms with Crippen LogP contribution in [0.15, 0.2) is 22.7 Å². The number of halogens is 1. The number of hydrogen-bond acceptors (Lipinski definition) is 2. The van der Waals surface area contributed by atoms with Gasteiger partial charge in [-0.1, -0.05) is 25.5 Å². The average molecular weight is 299 g/mol. The molecule has 3 N–H and O–H groups in total. The average Bonchev–Trinajstić information content (AvgIpc) is 2.32. The summed E-state index contributed by atoms with van der Waals surface area (Å²) in [4.78, 5) is 11.8. The fourth-order valence-electron chi connectivity index (χ4n) is 1.60. The van der Waals surface area contributed by atoms with Gasteiger partial charge >= 0.3 is 0 Å². The molecule has 0 heterocycles. The van der Waals surface area contributed by atoms with Crippen molar-refractivity contribution in [2.75, 3.05) is 11.9 Å². The molecule has 17 heavy (non-hydrogen) atoms. The maximum atomic E-state index is 11.8. The molecule has 0 saturated heterocycles. The summed E-state index contributed by atoms with van der Waals surface area (Å²) in [5.41, 5.74) is 7.52. The molecule has 0 bridgehead atoms. The van der Waals surface area contributed by atoms with E-state index in [0.29, 0.717) is 13.0 Å². The van der Waals surface area contributed by atoms with E-state index in [2.05, 4.69) is 21.2 Å². The highest BCUT2D eigenvalue weighted by molar-refractivity contribution is 9.10. The molecule has 0 aliphatic rings. The van der Waals surface area contributed by atoms with Crippen molar-refractivity contribution in [2.45, 2.75) is 26.7 Å². The lowest BCUT2D eigenvalue weighted by atomic mass is 10.0. The molecule has 0 aromatic heterocycles. The molecule has 0 fully saturated rings. The Morgan fingerprint density at radius 2 is 2.24 bits per heavy atom. The monoisotopic (exact) mass is 298 g/mol. The smallest absolute Gasteiger partial charge is 0.224 e. The highest BCUT2D eigenvalue weighted by Crippen LogP contribution is 2.26. The highest BCUT2D eigenvalue weighted by Gasteiger charge is 2.12. The van der Waals surface area contributed by atoms with E-state index in [1.807, 2.05) is 32.0 Å². The van der Waals surface area contributed by atoms with Crippen LogP contribution in [0.2, 0.25) is 0 Å². The van der Waals surface area contributed by atoms with Crippen LogP contribution in [0, 0.1) is 12.8 Å². The zero-order chi connectivity index (χ0) is 12.8. The van der Waals surface area contributed by atoms with Crippen molar-refractivity contribution < 1.29 is 4.79 Å². The zero-order valence-corrected chi connectivity index (χ0v) is 11.9. The van der Waals surface area contributed by atoms with Crippen molar-refractivity contribution >= 4 is 27.5 Å². The number of anilines is 1. The van der Waals surface area contributed by atoms with E-state index in [9.17, 15) is 4.79 Å². The van der Waals surface area contributed by atoms with Gasteiger partial charge in [-0.05, 0) is 46.9 Å². The van der Waals surface area contributed by atoms with E-state index in [1.165, 1.54) is 0 Å². The van der Waals surface area contributed by atoms with Crippen LogP contribution in [0.25, 0.3) is 0 Å². The Labute approximate surface area is 111 Å². The van der Waals surface area contributed by atoms with Crippen LogP contribution < -0.4 is 11.1 Å². The van der Waals surface area contributed by atoms with E-state index >= 15 is 0 Å². The second-order valence-corrected chi connectivity index (χ2v) is 4.99. The number of nitrogens with two attached hydrogens (primary N) is 1. The second-order valence-electron chi connectivity index (χ2n) is 4.20. The Kier molecular flexibility index (Phi) is 5.65. The molecule has 1 amide bonds. The predicted octanol–water partition coefficient (Wildman–Crippen LogP) is 3.07. The van der Waals surface area contributed by atoms with Crippen LogP contribution in [-0.2, 0) is 4.79 Å². The van der Waals surface area contributed by atoms with Crippen molar-refractivity contribution in [1.29, 1.82) is 0 Å². The minimum atomic E-state index is 0.0219. The number of rotatable bonds is 5.